The number of carbonyl (C=O) groups is 1. The Balaban J connectivity index is 1.34. The SMILES string of the molecule is COCCn1c(SCC(=O)NC23CC4CC(CC(C4)C2)C3)nc2cc(Cl)ccc2c1=O. The molecule has 6 rings (SSSR count). The van der Waals surface area contributed by atoms with Crippen LogP contribution in [0.2, 0.25) is 5.02 Å². The van der Waals surface area contributed by atoms with Gasteiger partial charge in [0.15, 0.2) is 5.16 Å². The lowest BCUT2D eigenvalue weighted by molar-refractivity contribution is -0.124. The van der Waals surface area contributed by atoms with Crippen molar-refractivity contribution in [3.05, 3.63) is 33.6 Å². The lowest BCUT2D eigenvalue weighted by atomic mass is 9.53. The summed E-state index contributed by atoms with van der Waals surface area (Å²) in [4.78, 5) is 30.6. The van der Waals surface area contributed by atoms with Gasteiger partial charge in [0.1, 0.15) is 0 Å². The Labute approximate surface area is 191 Å². The van der Waals surface area contributed by atoms with Crippen molar-refractivity contribution >= 4 is 40.2 Å². The largest absolute Gasteiger partial charge is 0.383 e. The number of hydrogen-bond donors (Lipinski definition) is 1. The zero-order valence-electron chi connectivity index (χ0n) is 17.7. The lowest BCUT2D eigenvalue weighted by Gasteiger charge is -2.56. The van der Waals surface area contributed by atoms with Crippen LogP contribution in [0.1, 0.15) is 38.5 Å². The number of ether oxygens (including phenoxy) is 1. The predicted molar refractivity (Wildman–Crippen MR) is 123 cm³/mol. The zero-order chi connectivity index (χ0) is 21.6. The number of halogens is 1. The first-order chi connectivity index (χ1) is 14.9. The summed E-state index contributed by atoms with van der Waals surface area (Å²) in [5.41, 5.74) is 0.407. The fourth-order valence-corrected chi connectivity index (χ4v) is 7.38. The molecule has 0 spiro atoms. The third kappa shape index (κ3) is 4.24. The van der Waals surface area contributed by atoms with Crippen LogP contribution in [0.15, 0.2) is 28.2 Å². The van der Waals surface area contributed by atoms with Crippen molar-refractivity contribution in [3.63, 3.8) is 0 Å². The lowest BCUT2D eigenvalue weighted by Crippen LogP contribution is -2.60. The quantitative estimate of drug-likeness (QED) is 0.500. The highest BCUT2D eigenvalue weighted by molar-refractivity contribution is 7.99. The number of amides is 1. The number of nitrogens with one attached hydrogen (secondary N) is 1. The van der Waals surface area contributed by atoms with Gasteiger partial charge in [0.05, 0.1) is 29.8 Å². The number of nitrogens with zero attached hydrogens (tertiary/aromatic N) is 2. The van der Waals surface area contributed by atoms with Gasteiger partial charge >= 0.3 is 0 Å². The van der Waals surface area contributed by atoms with Crippen LogP contribution in [-0.4, -0.2) is 40.5 Å². The van der Waals surface area contributed by atoms with Gasteiger partial charge in [-0.25, -0.2) is 4.98 Å². The number of carbonyl (C=O) groups excluding carboxylic acids is 1. The summed E-state index contributed by atoms with van der Waals surface area (Å²) >= 11 is 7.42. The predicted octanol–water partition coefficient (Wildman–Crippen LogP) is 3.87. The van der Waals surface area contributed by atoms with E-state index in [1.807, 2.05) is 0 Å². The third-order valence-electron chi connectivity index (χ3n) is 7.18. The van der Waals surface area contributed by atoms with Crippen molar-refractivity contribution in [2.45, 2.75) is 55.8 Å². The molecular weight excluding hydrogens is 434 g/mol. The van der Waals surface area contributed by atoms with Crippen LogP contribution < -0.4 is 10.9 Å². The van der Waals surface area contributed by atoms with E-state index in [2.05, 4.69) is 10.3 Å². The molecule has 1 amide bonds. The fourth-order valence-electron chi connectivity index (χ4n) is 6.39. The van der Waals surface area contributed by atoms with E-state index in [9.17, 15) is 9.59 Å². The third-order valence-corrected chi connectivity index (χ3v) is 8.39. The van der Waals surface area contributed by atoms with E-state index < -0.39 is 0 Å². The van der Waals surface area contributed by atoms with Crippen molar-refractivity contribution in [2.75, 3.05) is 19.5 Å². The number of aromatic nitrogens is 2. The fraction of sp³-hybridized carbons (Fsp3) is 0.609. The number of benzene rings is 1. The maximum Gasteiger partial charge on any atom is 0.262 e. The molecule has 1 aromatic carbocycles. The maximum atomic E-state index is 13.0. The topological polar surface area (TPSA) is 73.2 Å². The van der Waals surface area contributed by atoms with E-state index in [0.717, 1.165) is 37.0 Å². The van der Waals surface area contributed by atoms with Crippen molar-refractivity contribution in [1.82, 2.24) is 14.9 Å². The van der Waals surface area contributed by atoms with Crippen molar-refractivity contribution in [1.29, 1.82) is 0 Å². The smallest absolute Gasteiger partial charge is 0.262 e. The van der Waals surface area contributed by atoms with Gasteiger partial charge < -0.3 is 10.1 Å². The molecule has 166 valence electrons. The second-order valence-electron chi connectivity index (χ2n) is 9.54. The van der Waals surface area contributed by atoms with Gasteiger partial charge in [-0.05, 0) is 74.5 Å². The second-order valence-corrected chi connectivity index (χ2v) is 10.9. The summed E-state index contributed by atoms with van der Waals surface area (Å²) in [7, 11) is 1.60. The molecule has 4 saturated carbocycles. The molecule has 0 radical (unpaired) electrons. The molecule has 4 aliphatic rings. The molecule has 8 heteroatoms. The summed E-state index contributed by atoms with van der Waals surface area (Å²) in [6.07, 6.45) is 7.42. The minimum Gasteiger partial charge on any atom is -0.383 e. The van der Waals surface area contributed by atoms with E-state index in [-0.39, 0.29) is 22.8 Å². The van der Waals surface area contributed by atoms with Gasteiger partial charge in [0.25, 0.3) is 5.56 Å². The highest BCUT2D eigenvalue weighted by atomic mass is 35.5. The average molecular weight is 462 g/mol. The van der Waals surface area contributed by atoms with E-state index in [1.54, 1.807) is 29.9 Å². The molecule has 0 saturated heterocycles. The van der Waals surface area contributed by atoms with Gasteiger partial charge in [-0.2, -0.15) is 0 Å². The number of methoxy groups -OCH3 is 1. The molecule has 2 aromatic rings. The van der Waals surface area contributed by atoms with Crippen LogP contribution in [-0.2, 0) is 16.1 Å². The Bertz CT molecular complexity index is 1030. The normalized spacial score (nSPS) is 28.9. The van der Waals surface area contributed by atoms with Crippen LogP contribution in [0.5, 0.6) is 0 Å². The Kier molecular flexibility index (Phi) is 5.78. The van der Waals surface area contributed by atoms with Gasteiger partial charge in [0, 0.05) is 17.7 Å². The maximum absolute atomic E-state index is 13.0. The molecule has 6 nitrogen and oxygen atoms in total. The standard InChI is InChI=1S/C23H28ClN3O3S/c1-30-5-4-27-21(29)18-3-2-17(24)9-19(18)25-22(27)31-13-20(28)26-23-10-14-6-15(11-23)8-16(7-14)12-23/h2-3,9,14-16H,4-8,10-13H2,1H3,(H,26,28). The Hall–Kier alpha value is -1.57. The van der Waals surface area contributed by atoms with Gasteiger partial charge in [-0.15, -0.1) is 0 Å². The number of fused-ring (bicyclic) bond motifs is 1. The number of rotatable bonds is 7. The summed E-state index contributed by atoms with van der Waals surface area (Å²) < 4.78 is 6.77. The van der Waals surface area contributed by atoms with Crippen molar-refractivity contribution < 1.29 is 9.53 Å². The van der Waals surface area contributed by atoms with Crippen LogP contribution in [0.25, 0.3) is 10.9 Å². The Morgan fingerprint density at radius 3 is 2.58 bits per heavy atom. The number of thioether (sulfide) groups is 1. The van der Waals surface area contributed by atoms with Gasteiger partial charge in [-0.3, -0.25) is 14.2 Å². The molecule has 0 atom stereocenters. The minimum absolute atomic E-state index is 0.00749. The summed E-state index contributed by atoms with van der Waals surface area (Å²) in [6.45, 7) is 0.785. The highest BCUT2D eigenvalue weighted by Gasteiger charge is 2.51. The summed E-state index contributed by atoms with van der Waals surface area (Å²) in [5, 5.41) is 4.97. The van der Waals surface area contributed by atoms with Gasteiger partial charge in [-0.1, -0.05) is 23.4 Å². The van der Waals surface area contributed by atoms with E-state index >= 15 is 0 Å². The summed E-state index contributed by atoms with van der Waals surface area (Å²) in [5.74, 6) is 2.62. The number of hydrogen-bond acceptors (Lipinski definition) is 5. The van der Waals surface area contributed by atoms with Crippen LogP contribution in [0, 0.1) is 17.8 Å². The first-order valence-corrected chi connectivity index (χ1v) is 12.4. The summed E-state index contributed by atoms with van der Waals surface area (Å²) in [6, 6.07) is 5.09. The monoisotopic (exact) mass is 461 g/mol. The minimum atomic E-state index is -0.136. The highest BCUT2D eigenvalue weighted by Crippen LogP contribution is 2.55. The molecule has 1 heterocycles. The van der Waals surface area contributed by atoms with E-state index in [4.69, 9.17) is 16.3 Å². The van der Waals surface area contributed by atoms with Crippen LogP contribution in [0.3, 0.4) is 0 Å². The molecular formula is C23H28ClN3O3S. The Morgan fingerprint density at radius 2 is 1.94 bits per heavy atom. The van der Waals surface area contributed by atoms with Crippen molar-refractivity contribution in [3.8, 4) is 0 Å². The second kappa shape index (κ2) is 8.41. The molecule has 0 unspecified atom stereocenters. The molecule has 0 aliphatic heterocycles. The van der Waals surface area contributed by atoms with E-state index in [1.165, 1.54) is 31.0 Å². The first kappa shape index (κ1) is 21.3. The van der Waals surface area contributed by atoms with Crippen LogP contribution in [0.4, 0.5) is 0 Å². The zero-order valence-corrected chi connectivity index (χ0v) is 19.3. The van der Waals surface area contributed by atoms with E-state index in [0.29, 0.717) is 34.2 Å². The Morgan fingerprint density at radius 1 is 1.26 bits per heavy atom. The molecule has 1 aromatic heterocycles. The average Bonchev–Trinajstić information content (AvgIpc) is 2.70. The molecule has 4 fully saturated rings. The van der Waals surface area contributed by atoms with Crippen molar-refractivity contribution in [2.24, 2.45) is 17.8 Å². The van der Waals surface area contributed by atoms with Gasteiger partial charge in [0.2, 0.25) is 5.91 Å². The molecule has 4 bridgehead atoms. The first-order valence-electron chi connectivity index (χ1n) is 11.1. The molecule has 1 N–H and O–H groups in total. The molecule has 4 aliphatic carbocycles. The van der Waals surface area contributed by atoms with Crippen LogP contribution >= 0.6 is 23.4 Å². The molecule has 31 heavy (non-hydrogen) atoms.